The Labute approximate surface area is 117 Å². The molecule has 0 aliphatic carbocycles. The van der Waals surface area contributed by atoms with Crippen LogP contribution in [0.4, 0.5) is 0 Å². The van der Waals surface area contributed by atoms with Crippen molar-refractivity contribution in [1.29, 1.82) is 0 Å². The molecule has 2 atom stereocenters. The Kier molecular flexibility index (Phi) is 7.72. The molecule has 1 rings (SSSR count). The van der Waals surface area contributed by atoms with Crippen LogP contribution in [0.15, 0.2) is 24.3 Å². The molecule has 0 saturated heterocycles. The minimum atomic E-state index is 0.152. The van der Waals surface area contributed by atoms with Crippen LogP contribution in [0.25, 0.3) is 0 Å². The van der Waals surface area contributed by atoms with Crippen molar-refractivity contribution in [3.05, 3.63) is 35.4 Å². The van der Waals surface area contributed by atoms with E-state index in [1.165, 1.54) is 11.1 Å². The molecule has 0 aliphatic rings. The van der Waals surface area contributed by atoms with Crippen LogP contribution in [0, 0.1) is 6.92 Å². The Bertz CT molecular complexity index is 337. The first-order valence-corrected chi connectivity index (χ1v) is 7.09. The summed E-state index contributed by atoms with van der Waals surface area (Å²) in [5.74, 6) is 0. The van der Waals surface area contributed by atoms with Gasteiger partial charge in [0.1, 0.15) is 0 Å². The molecule has 0 fully saturated rings. The highest BCUT2D eigenvalue weighted by molar-refractivity contribution is 5.24. The van der Waals surface area contributed by atoms with Crippen LogP contribution in [0.2, 0.25) is 0 Å². The highest BCUT2D eigenvalue weighted by Gasteiger charge is 2.18. The van der Waals surface area contributed by atoms with E-state index in [0.717, 1.165) is 26.2 Å². The summed E-state index contributed by atoms with van der Waals surface area (Å²) < 4.78 is 10.9. The first-order valence-electron chi connectivity index (χ1n) is 7.09. The number of methoxy groups -OCH3 is 1. The van der Waals surface area contributed by atoms with Gasteiger partial charge in [-0.25, -0.2) is 0 Å². The van der Waals surface area contributed by atoms with E-state index in [0.29, 0.717) is 0 Å². The Morgan fingerprint density at radius 3 is 2.42 bits per heavy atom. The topological polar surface area (TPSA) is 30.5 Å². The maximum Gasteiger partial charge on any atom is 0.0741 e. The maximum atomic E-state index is 5.90. The molecule has 19 heavy (non-hydrogen) atoms. The van der Waals surface area contributed by atoms with E-state index in [4.69, 9.17) is 9.47 Å². The number of rotatable bonds is 9. The van der Waals surface area contributed by atoms with Crippen LogP contribution in [0.5, 0.6) is 0 Å². The van der Waals surface area contributed by atoms with Crippen molar-refractivity contribution in [2.45, 2.75) is 39.3 Å². The summed E-state index contributed by atoms with van der Waals surface area (Å²) in [7, 11) is 1.72. The molecule has 0 spiro atoms. The van der Waals surface area contributed by atoms with E-state index in [9.17, 15) is 0 Å². The normalized spacial score (nSPS) is 14.3. The SMILES string of the molecule is CCNC(c1ccc(C)cc1)C(C)OCCCOC. The molecule has 0 aromatic heterocycles. The quantitative estimate of drug-likeness (QED) is 0.696. The molecule has 0 amide bonds. The first-order chi connectivity index (χ1) is 9.19. The Morgan fingerprint density at radius 2 is 1.84 bits per heavy atom. The van der Waals surface area contributed by atoms with Gasteiger partial charge in [-0.1, -0.05) is 36.8 Å². The third kappa shape index (κ3) is 5.72. The van der Waals surface area contributed by atoms with Gasteiger partial charge in [0.2, 0.25) is 0 Å². The van der Waals surface area contributed by atoms with Gasteiger partial charge < -0.3 is 14.8 Å². The molecule has 0 heterocycles. The number of benzene rings is 1. The second-order valence-electron chi connectivity index (χ2n) is 4.87. The third-order valence-electron chi connectivity index (χ3n) is 3.20. The molecule has 1 N–H and O–H groups in total. The van der Waals surface area contributed by atoms with Gasteiger partial charge in [0.05, 0.1) is 12.1 Å². The zero-order valence-electron chi connectivity index (χ0n) is 12.6. The van der Waals surface area contributed by atoms with E-state index >= 15 is 0 Å². The minimum Gasteiger partial charge on any atom is -0.385 e. The predicted molar refractivity (Wildman–Crippen MR) is 79.5 cm³/mol. The molecule has 3 nitrogen and oxygen atoms in total. The summed E-state index contributed by atoms with van der Waals surface area (Å²) in [6.45, 7) is 8.78. The smallest absolute Gasteiger partial charge is 0.0741 e. The highest BCUT2D eigenvalue weighted by atomic mass is 16.5. The van der Waals surface area contributed by atoms with Crippen LogP contribution in [0.3, 0.4) is 0 Å². The molecule has 0 bridgehead atoms. The lowest BCUT2D eigenvalue weighted by atomic mass is 10.0. The van der Waals surface area contributed by atoms with E-state index in [-0.39, 0.29) is 12.1 Å². The summed E-state index contributed by atoms with van der Waals surface area (Å²) in [5.41, 5.74) is 2.57. The van der Waals surface area contributed by atoms with Crippen molar-refractivity contribution in [3.8, 4) is 0 Å². The summed E-state index contributed by atoms with van der Waals surface area (Å²) in [4.78, 5) is 0. The zero-order valence-corrected chi connectivity index (χ0v) is 12.6. The van der Waals surface area contributed by atoms with Gasteiger partial charge >= 0.3 is 0 Å². The van der Waals surface area contributed by atoms with Crippen molar-refractivity contribution in [3.63, 3.8) is 0 Å². The molecule has 3 heteroatoms. The summed E-state index contributed by atoms with van der Waals surface area (Å²) in [6, 6.07) is 8.90. The van der Waals surface area contributed by atoms with Crippen molar-refractivity contribution >= 4 is 0 Å². The standard InChI is InChI=1S/C16H27NO2/c1-5-17-16(14(3)19-12-6-11-18-4)15-9-7-13(2)8-10-15/h7-10,14,16-17H,5-6,11-12H2,1-4H3. The van der Waals surface area contributed by atoms with Crippen LogP contribution in [-0.4, -0.2) is 33.0 Å². The van der Waals surface area contributed by atoms with Crippen LogP contribution in [0.1, 0.15) is 37.4 Å². The average Bonchev–Trinajstić information content (AvgIpc) is 2.42. The van der Waals surface area contributed by atoms with Crippen LogP contribution < -0.4 is 5.32 Å². The molecule has 0 aliphatic heterocycles. The largest absolute Gasteiger partial charge is 0.385 e. The highest BCUT2D eigenvalue weighted by Crippen LogP contribution is 2.20. The number of aryl methyl sites for hydroxylation is 1. The average molecular weight is 265 g/mol. The second kappa shape index (κ2) is 9.08. The van der Waals surface area contributed by atoms with E-state index in [2.05, 4.69) is 50.4 Å². The number of ether oxygens (including phenoxy) is 2. The summed E-state index contributed by atoms with van der Waals surface area (Å²) >= 11 is 0. The fourth-order valence-corrected chi connectivity index (χ4v) is 2.12. The third-order valence-corrected chi connectivity index (χ3v) is 3.20. The Balaban J connectivity index is 2.57. The zero-order chi connectivity index (χ0) is 14.1. The van der Waals surface area contributed by atoms with Gasteiger partial charge in [-0.3, -0.25) is 0 Å². The molecular formula is C16H27NO2. The molecule has 0 saturated carbocycles. The summed E-state index contributed by atoms with van der Waals surface area (Å²) in [5, 5.41) is 3.50. The molecule has 1 aromatic rings. The van der Waals surface area contributed by atoms with E-state index in [1.807, 2.05) is 0 Å². The molecule has 2 unspecified atom stereocenters. The Morgan fingerprint density at radius 1 is 1.16 bits per heavy atom. The first kappa shape index (κ1) is 16.2. The van der Waals surface area contributed by atoms with Crippen molar-refractivity contribution in [2.24, 2.45) is 0 Å². The summed E-state index contributed by atoms with van der Waals surface area (Å²) in [6.07, 6.45) is 1.09. The van der Waals surface area contributed by atoms with Gasteiger partial charge in [-0.05, 0) is 32.4 Å². The predicted octanol–water partition coefficient (Wildman–Crippen LogP) is 3.09. The lowest BCUT2D eigenvalue weighted by Crippen LogP contribution is -2.32. The van der Waals surface area contributed by atoms with Crippen LogP contribution in [-0.2, 0) is 9.47 Å². The fourth-order valence-electron chi connectivity index (χ4n) is 2.12. The van der Waals surface area contributed by atoms with Crippen LogP contribution >= 0.6 is 0 Å². The van der Waals surface area contributed by atoms with Crippen molar-refractivity contribution in [1.82, 2.24) is 5.32 Å². The van der Waals surface area contributed by atoms with Gasteiger partial charge in [0.15, 0.2) is 0 Å². The maximum absolute atomic E-state index is 5.90. The second-order valence-corrected chi connectivity index (χ2v) is 4.87. The van der Waals surface area contributed by atoms with E-state index < -0.39 is 0 Å². The lowest BCUT2D eigenvalue weighted by molar-refractivity contribution is 0.0273. The van der Waals surface area contributed by atoms with Gasteiger partial charge in [0, 0.05) is 20.3 Å². The number of nitrogens with one attached hydrogen (secondary N) is 1. The number of hydrogen-bond acceptors (Lipinski definition) is 3. The van der Waals surface area contributed by atoms with E-state index in [1.54, 1.807) is 7.11 Å². The van der Waals surface area contributed by atoms with Gasteiger partial charge in [0.25, 0.3) is 0 Å². The molecule has 108 valence electrons. The monoisotopic (exact) mass is 265 g/mol. The number of hydrogen-bond donors (Lipinski definition) is 1. The minimum absolute atomic E-state index is 0.152. The van der Waals surface area contributed by atoms with Gasteiger partial charge in [-0.15, -0.1) is 0 Å². The molecular weight excluding hydrogens is 238 g/mol. The molecule has 1 aromatic carbocycles. The fraction of sp³-hybridized carbons (Fsp3) is 0.625. The molecule has 0 radical (unpaired) electrons. The lowest BCUT2D eigenvalue weighted by Gasteiger charge is -2.25. The van der Waals surface area contributed by atoms with Gasteiger partial charge in [-0.2, -0.15) is 0 Å². The van der Waals surface area contributed by atoms with Crippen molar-refractivity contribution < 1.29 is 9.47 Å². The Hall–Kier alpha value is -0.900. The number of likely N-dealkylation sites (N-methyl/N-ethyl adjacent to an activating group) is 1. The van der Waals surface area contributed by atoms with Crippen molar-refractivity contribution in [2.75, 3.05) is 26.9 Å².